The first kappa shape index (κ1) is 11.5. The van der Waals surface area contributed by atoms with Gasteiger partial charge in [0.15, 0.2) is 0 Å². The number of nitrogens with one attached hydrogen (secondary N) is 1. The molecule has 1 aromatic heterocycles. The molecule has 0 saturated carbocycles. The minimum absolute atomic E-state index is 0.171. The molecule has 1 atom stereocenters. The van der Waals surface area contributed by atoms with E-state index in [1.165, 1.54) is 6.07 Å². The van der Waals surface area contributed by atoms with Gasteiger partial charge in [-0.1, -0.05) is 0 Å². The number of hydrogen-bond donors (Lipinski definition) is 1. The number of thiazole rings is 1. The zero-order valence-corrected chi connectivity index (χ0v) is 11.0. The normalized spacial score (nSPS) is 12.4. The average Bonchev–Trinajstić information content (AvgIpc) is 2.77. The van der Waals surface area contributed by atoms with E-state index < -0.39 is 0 Å². The zero-order valence-electron chi connectivity index (χ0n) is 8.58. The van der Waals surface area contributed by atoms with Gasteiger partial charge in [-0.15, -0.1) is 11.3 Å². The van der Waals surface area contributed by atoms with Gasteiger partial charge in [0.05, 0.1) is 16.0 Å². The molecular formula is C11H10BrFN2S. The van der Waals surface area contributed by atoms with Gasteiger partial charge in [-0.25, -0.2) is 4.39 Å². The van der Waals surface area contributed by atoms with E-state index in [2.05, 4.69) is 26.2 Å². The van der Waals surface area contributed by atoms with Gasteiger partial charge >= 0.3 is 0 Å². The van der Waals surface area contributed by atoms with Crippen molar-refractivity contribution in [2.24, 2.45) is 0 Å². The van der Waals surface area contributed by atoms with Gasteiger partial charge in [-0.3, -0.25) is 4.98 Å². The lowest BCUT2D eigenvalue weighted by atomic mass is 10.2. The van der Waals surface area contributed by atoms with Gasteiger partial charge in [-0.2, -0.15) is 0 Å². The first-order chi connectivity index (χ1) is 7.66. The summed E-state index contributed by atoms with van der Waals surface area (Å²) < 4.78 is 13.5. The zero-order chi connectivity index (χ0) is 11.5. The maximum absolute atomic E-state index is 13.0. The number of anilines is 1. The van der Waals surface area contributed by atoms with Crippen LogP contribution in [0.15, 0.2) is 34.4 Å². The second-order valence-corrected chi connectivity index (χ2v) is 5.17. The lowest BCUT2D eigenvalue weighted by Crippen LogP contribution is -2.04. The van der Waals surface area contributed by atoms with E-state index in [9.17, 15) is 4.39 Å². The fraction of sp³-hybridized carbons (Fsp3) is 0.182. The van der Waals surface area contributed by atoms with Crippen LogP contribution in [0, 0.1) is 5.82 Å². The molecule has 84 valence electrons. The average molecular weight is 301 g/mol. The van der Waals surface area contributed by atoms with Gasteiger partial charge in [0.1, 0.15) is 5.82 Å². The van der Waals surface area contributed by atoms with Crippen LogP contribution < -0.4 is 5.32 Å². The maximum Gasteiger partial charge on any atom is 0.137 e. The third kappa shape index (κ3) is 2.59. The second-order valence-electron chi connectivity index (χ2n) is 3.40. The predicted molar refractivity (Wildman–Crippen MR) is 68.3 cm³/mol. The Morgan fingerprint density at radius 2 is 2.31 bits per heavy atom. The van der Waals surface area contributed by atoms with E-state index in [-0.39, 0.29) is 11.9 Å². The molecule has 2 aromatic rings. The van der Waals surface area contributed by atoms with Crippen LogP contribution in [0.4, 0.5) is 10.1 Å². The molecule has 0 spiro atoms. The number of nitrogens with zero attached hydrogens (tertiary/aromatic N) is 1. The summed E-state index contributed by atoms with van der Waals surface area (Å²) in [6.07, 6.45) is 1.83. The topological polar surface area (TPSA) is 24.9 Å². The Balaban J connectivity index is 2.12. The molecule has 0 saturated heterocycles. The van der Waals surface area contributed by atoms with Crippen LogP contribution in [-0.2, 0) is 0 Å². The van der Waals surface area contributed by atoms with Gasteiger partial charge in [0.2, 0.25) is 0 Å². The Morgan fingerprint density at radius 3 is 2.94 bits per heavy atom. The molecule has 5 heteroatoms. The first-order valence-electron chi connectivity index (χ1n) is 4.77. The molecule has 1 unspecified atom stereocenters. The largest absolute Gasteiger partial charge is 0.378 e. The monoisotopic (exact) mass is 300 g/mol. The quantitative estimate of drug-likeness (QED) is 0.918. The molecule has 0 aliphatic rings. The number of rotatable bonds is 3. The molecule has 0 radical (unpaired) electrons. The lowest BCUT2D eigenvalue weighted by Gasteiger charge is -2.13. The van der Waals surface area contributed by atoms with Crippen molar-refractivity contribution in [1.82, 2.24) is 4.98 Å². The highest BCUT2D eigenvalue weighted by molar-refractivity contribution is 9.10. The van der Waals surface area contributed by atoms with Crippen molar-refractivity contribution in [3.8, 4) is 0 Å². The number of hydrogen-bond acceptors (Lipinski definition) is 3. The Bertz CT molecular complexity index is 473. The van der Waals surface area contributed by atoms with Gasteiger partial charge in [0.25, 0.3) is 0 Å². The van der Waals surface area contributed by atoms with Crippen LogP contribution in [0.3, 0.4) is 0 Å². The van der Waals surface area contributed by atoms with E-state index in [1.54, 1.807) is 29.0 Å². The van der Waals surface area contributed by atoms with Crippen LogP contribution in [0.1, 0.15) is 17.8 Å². The highest BCUT2D eigenvalue weighted by Gasteiger charge is 2.07. The number of aromatic nitrogens is 1. The van der Waals surface area contributed by atoms with Crippen LogP contribution in [-0.4, -0.2) is 4.98 Å². The third-order valence-corrected chi connectivity index (χ3v) is 3.75. The van der Waals surface area contributed by atoms with Crippen LogP contribution in [0.2, 0.25) is 0 Å². The summed E-state index contributed by atoms with van der Waals surface area (Å²) in [7, 11) is 0. The molecule has 16 heavy (non-hydrogen) atoms. The predicted octanol–water partition coefficient (Wildman–Crippen LogP) is 4.22. The standard InChI is InChI=1S/C11H10BrFN2S/c1-7(11-5-14-6-16-11)15-8-2-3-10(13)9(12)4-8/h2-7,15H,1H3. The molecule has 2 rings (SSSR count). The van der Waals surface area contributed by atoms with E-state index in [0.29, 0.717) is 4.47 Å². The van der Waals surface area contributed by atoms with Crippen molar-refractivity contribution >= 4 is 33.0 Å². The van der Waals surface area contributed by atoms with E-state index in [4.69, 9.17) is 0 Å². The van der Waals surface area contributed by atoms with Crippen molar-refractivity contribution < 1.29 is 4.39 Å². The molecule has 1 N–H and O–H groups in total. The first-order valence-corrected chi connectivity index (χ1v) is 6.44. The Kier molecular flexibility index (Phi) is 3.56. The fourth-order valence-electron chi connectivity index (χ4n) is 1.35. The van der Waals surface area contributed by atoms with Gasteiger partial charge in [-0.05, 0) is 41.1 Å². The molecule has 1 aromatic carbocycles. The van der Waals surface area contributed by atoms with E-state index in [1.807, 2.05) is 13.1 Å². The Hall–Kier alpha value is -0.940. The molecule has 0 aliphatic carbocycles. The highest BCUT2D eigenvalue weighted by Crippen LogP contribution is 2.25. The Labute approximate surface area is 106 Å². The summed E-state index contributed by atoms with van der Waals surface area (Å²) in [5.41, 5.74) is 2.68. The lowest BCUT2D eigenvalue weighted by molar-refractivity contribution is 0.621. The Morgan fingerprint density at radius 1 is 1.50 bits per heavy atom. The molecule has 0 bridgehead atoms. The molecule has 0 aliphatic heterocycles. The maximum atomic E-state index is 13.0. The highest BCUT2D eigenvalue weighted by atomic mass is 79.9. The van der Waals surface area contributed by atoms with Crippen molar-refractivity contribution in [2.45, 2.75) is 13.0 Å². The summed E-state index contributed by atoms with van der Waals surface area (Å²) in [4.78, 5) is 5.18. The van der Waals surface area contributed by atoms with Crippen molar-refractivity contribution in [1.29, 1.82) is 0 Å². The number of halogens is 2. The summed E-state index contributed by atoms with van der Waals surface area (Å²) in [5.74, 6) is -0.254. The molecular weight excluding hydrogens is 291 g/mol. The fourth-order valence-corrected chi connectivity index (χ4v) is 2.35. The summed E-state index contributed by atoms with van der Waals surface area (Å²) in [6.45, 7) is 2.05. The molecule has 0 amide bonds. The summed E-state index contributed by atoms with van der Waals surface area (Å²) in [6, 6.07) is 5.06. The van der Waals surface area contributed by atoms with Crippen molar-refractivity contribution in [2.75, 3.05) is 5.32 Å². The van der Waals surface area contributed by atoms with Crippen molar-refractivity contribution in [3.05, 3.63) is 45.1 Å². The van der Waals surface area contributed by atoms with Crippen LogP contribution in [0.25, 0.3) is 0 Å². The minimum atomic E-state index is -0.254. The van der Waals surface area contributed by atoms with Gasteiger partial charge < -0.3 is 5.32 Å². The van der Waals surface area contributed by atoms with Crippen molar-refractivity contribution in [3.63, 3.8) is 0 Å². The van der Waals surface area contributed by atoms with E-state index in [0.717, 1.165) is 10.6 Å². The van der Waals surface area contributed by atoms with Crippen LogP contribution >= 0.6 is 27.3 Å². The molecule has 2 nitrogen and oxygen atoms in total. The summed E-state index contributed by atoms with van der Waals surface area (Å²) >= 11 is 4.76. The summed E-state index contributed by atoms with van der Waals surface area (Å²) in [5, 5.41) is 3.29. The molecule has 1 heterocycles. The SMILES string of the molecule is CC(Nc1ccc(F)c(Br)c1)c1cncs1. The van der Waals surface area contributed by atoms with E-state index >= 15 is 0 Å². The molecule has 0 fully saturated rings. The van der Waals surface area contributed by atoms with Gasteiger partial charge in [0, 0.05) is 16.8 Å². The second kappa shape index (κ2) is 4.93. The van der Waals surface area contributed by atoms with Crippen LogP contribution in [0.5, 0.6) is 0 Å². The number of benzene rings is 1. The third-order valence-electron chi connectivity index (χ3n) is 2.18. The minimum Gasteiger partial charge on any atom is -0.378 e. The smallest absolute Gasteiger partial charge is 0.137 e.